The molecule has 0 saturated carbocycles. The number of furan rings is 1. The van der Waals surface area contributed by atoms with Crippen molar-refractivity contribution in [2.24, 2.45) is 10.8 Å². The number of aromatic nitrogens is 3. The molecule has 8 heteroatoms. The summed E-state index contributed by atoms with van der Waals surface area (Å²) in [6, 6.07) is 20.4. The van der Waals surface area contributed by atoms with Crippen molar-refractivity contribution in [3.8, 4) is 11.3 Å². The van der Waals surface area contributed by atoms with E-state index in [4.69, 9.17) is 9.40 Å². The first-order valence-electron chi connectivity index (χ1n) is 17.5. The van der Waals surface area contributed by atoms with Crippen LogP contribution in [-0.2, 0) is 24.9 Å². The number of pyridine rings is 1. The van der Waals surface area contributed by atoms with Crippen molar-refractivity contribution < 1.29 is 34.4 Å². The van der Waals surface area contributed by atoms with Crippen molar-refractivity contribution in [3.05, 3.63) is 84.5 Å². The standard InChI is InChI=1S/C27H22GeN3O.C15H28O2.Ir/c1-16-13-18(28(2,3)4)14-17-10-11-21-24(30-15-31-25(21)23(16)17)22-8-5-7-19-20-9-6-12-29-27(20)32-26(19)22;1-7-14(5,8-2)12(16)11-13(17)15(6,9-3)10-4;/h5-7,9-15H,1-4H3;11,16H,7-10H2,1-6H3;/q-1;;/b;12-11-;. The van der Waals surface area contributed by atoms with Crippen LogP contribution in [0, 0.1) is 23.8 Å². The van der Waals surface area contributed by atoms with Crippen LogP contribution in [0.2, 0.25) is 17.3 Å². The molecule has 1 N–H and O–H groups in total. The molecule has 0 spiro atoms. The van der Waals surface area contributed by atoms with E-state index in [1.54, 1.807) is 12.5 Å². The van der Waals surface area contributed by atoms with Crippen LogP contribution < -0.4 is 4.40 Å². The Balaban J connectivity index is 0.000000269. The third-order valence-electron chi connectivity index (χ3n) is 10.8. The quantitative estimate of drug-likeness (QED) is 0.0511. The maximum absolute atomic E-state index is 12.2. The minimum absolute atomic E-state index is 0. The molecule has 0 unspecified atom stereocenters. The molecule has 0 aliphatic rings. The average Bonchev–Trinajstić information content (AvgIpc) is 3.49. The van der Waals surface area contributed by atoms with E-state index in [0.29, 0.717) is 5.71 Å². The van der Waals surface area contributed by atoms with E-state index in [0.717, 1.165) is 64.2 Å². The molecule has 0 bridgehead atoms. The number of ketones is 1. The third-order valence-corrected chi connectivity index (χ3v) is 15.1. The summed E-state index contributed by atoms with van der Waals surface area (Å²) in [4.78, 5) is 26.0. The number of carbonyl (C=O) groups is 1. The summed E-state index contributed by atoms with van der Waals surface area (Å²) in [5, 5.41) is 15.6. The Bertz CT molecular complexity index is 2190. The number of aryl methyl sites for hydroxylation is 1. The van der Waals surface area contributed by atoms with Crippen molar-refractivity contribution in [2.45, 2.75) is 91.4 Å². The molecular formula is C42H50GeIrN3O3-. The van der Waals surface area contributed by atoms with Crippen molar-refractivity contribution in [1.82, 2.24) is 15.0 Å². The molecule has 6 nitrogen and oxygen atoms in total. The monoisotopic (exact) mass is 911 g/mol. The summed E-state index contributed by atoms with van der Waals surface area (Å²) in [6.07, 6.45) is 8.16. The SMILES string of the molecule is CCC(C)(CC)C(=O)/C=C(\O)C(C)(CC)CC.Cc1c[c]([Ge]([CH3])([CH3])[CH3])cc2ccc3c(-c4[c-]ccc5c4oc4ncccc45)ncnc3c12.[Ir]. The molecule has 0 fully saturated rings. The number of carbonyl (C=O) groups excluding carboxylic acids is 1. The van der Waals surface area contributed by atoms with E-state index >= 15 is 0 Å². The molecule has 3 aromatic heterocycles. The average molecular weight is 910 g/mol. The summed E-state index contributed by atoms with van der Waals surface area (Å²) >= 11 is -1.94. The molecule has 6 rings (SSSR count). The van der Waals surface area contributed by atoms with Crippen molar-refractivity contribution in [2.75, 3.05) is 0 Å². The van der Waals surface area contributed by atoms with E-state index in [-0.39, 0.29) is 42.5 Å². The normalized spacial score (nSPS) is 12.6. The first-order chi connectivity index (χ1) is 23.2. The minimum Gasteiger partial charge on any atom is 0 e. The number of allylic oxidation sites excluding steroid dienone is 2. The van der Waals surface area contributed by atoms with Crippen LogP contribution in [0.25, 0.3) is 55.0 Å². The zero-order valence-electron chi connectivity index (χ0n) is 31.1. The Morgan fingerprint density at radius 3 is 2.22 bits per heavy atom. The summed E-state index contributed by atoms with van der Waals surface area (Å²) < 4.78 is 7.67. The van der Waals surface area contributed by atoms with Crippen molar-refractivity contribution in [3.63, 3.8) is 0 Å². The van der Waals surface area contributed by atoms with Crippen LogP contribution in [0.4, 0.5) is 0 Å². The second kappa shape index (κ2) is 15.5. The summed E-state index contributed by atoms with van der Waals surface area (Å²) in [7, 11) is 0. The van der Waals surface area contributed by atoms with Crippen molar-refractivity contribution >= 4 is 67.2 Å². The second-order valence-electron chi connectivity index (χ2n) is 14.8. The molecule has 0 amide bonds. The molecule has 3 heterocycles. The topological polar surface area (TPSA) is 89.1 Å². The maximum atomic E-state index is 12.2. The molecule has 50 heavy (non-hydrogen) atoms. The molecule has 1 radical (unpaired) electrons. The zero-order valence-corrected chi connectivity index (χ0v) is 35.6. The zero-order chi connectivity index (χ0) is 35.7. The van der Waals surface area contributed by atoms with E-state index in [1.165, 1.54) is 26.8 Å². The Morgan fingerprint density at radius 2 is 1.58 bits per heavy atom. The van der Waals surface area contributed by atoms with Gasteiger partial charge in [0.15, 0.2) is 5.78 Å². The van der Waals surface area contributed by atoms with Gasteiger partial charge in [0, 0.05) is 43.2 Å². The predicted molar refractivity (Wildman–Crippen MR) is 207 cm³/mol. The van der Waals surface area contributed by atoms with E-state index in [1.807, 2.05) is 65.8 Å². The van der Waals surface area contributed by atoms with Gasteiger partial charge in [0.25, 0.3) is 0 Å². The van der Waals surface area contributed by atoms with Gasteiger partial charge in [0.1, 0.15) is 5.76 Å². The van der Waals surface area contributed by atoms with Gasteiger partial charge in [0.2, 0.25) is 0 Å². The molecular weight excluding hydrogens is 859 g/mol. The number of hydrogen-bond donors (Lipinski definition) is 1. The van der Waals surface area contributed by atoms with Crippen LogP contribution in [0.3, 0.4) is 0 Å². The van der Waals surface area contributed by atoms with Crippen molar-refractivity contribution in [1.29, 1.82) is 0 Å². The van der Waals surface area contributed by atoms with Gasteiger partial charge in [-0.1, -0.05) is 41.5 Å². The van der Waals surface area contributed by atoms with Gasteiger partial charge in [-0.15, -0.1) is 0 Å². The Hall–Kier alpha value is -3.39. The number of benzene rings is 3. The fourth-order valence-corrected chi connectivity index (χ4v) is 8.86. The third kappa shape index (κ3) is 7.47. The fraction of sp³-hybridized carbons (Fsp3) is 0.381. The molecule has 265 valence electrons. The van der Waals surface area contributed by atoms with Gasteiger partial charge in [-0.2, -0.15) is 0 Å². The largest absolute Gasteiger partial charge is 0 e. The minimum atomic E-state index is -1.94. The first kappa shape index (κ1) is 39.4. The number of rotatable bonds is 9. The van der Waals surface area contributed by atoms with E-state index < -0.39 is 13.3 Å². The number of aliphatic hydroxyl groups is 1. The molecule has 0 aliphatic carbocycles. The van der Waals surface area contributed by atoms with Gasteiger partial charge in [-0.3, -0.25) is 4.79 Å². The number of hydrogen-bond acceptors (Lipinski definition) is 6. The van der Waals surface area contributed by atoms with Gasteiger partial charge in [-0.25, -0.2) is 0 Å². The first-order valence-corrected chi connectivity index (χ1v) is 24.9. The Morgan fingerprint density at radius 1 is 0.900 bits per heavy atom. The molecule has 3 aromatic carbocycles. The fourth-order valence-electron chi connectivity index (χ4n) is 6.26. The van der Waals surface area contributed by atoms with Crippen LogP contribution in [0.1, 0.15) is 72.8 Å². The van der Waals surface area contributed by atoms with E-state index in [2.05, 4.69) is 64.5 Å². The van der Waals surface area contributed by atoms with Gasteiger partial charge >= 0.3 is 177 Å². The number of aliphatic hydroxyl groups excluding tert-OH is 1. The van der Waals surface area contributed by atoms with Gasteiger partial charge < -0.3 is 5.11 Å². The van der Waals surface area contributed by atoms with Gasteiger partial charge in [0.05, 0.1) is 0 Å². The number of nitrogens with zero attached hydrogens (tertiary/aromatic N) is 3. The smallest absolute Gasteiger partial charge is 0 e. The summed E-state index contributed by atoms with van der Waals surface area (Å²) in [5.41, 5.74) is 4.69. The van der Waals surface area contributed by atoms with Gasteiger partial charge in [-0.05, 0) is 31.7 Å². The maximum Gasteiger partial charge on any atom is 0 e. The number of fused-ring (bicyclic) bond motifs is 6. The summed E-state index contributed by atoms with van der Waals surface area (Å²) in [5.74, 6) is 7.58. The molecule has 0 atom stereocenters. The Labute approximate surface area is 312 Å². The van der Waals surface area contributed by atoms with Crippen LogP contribution in [-0.4, -0.2) is 39.1 Å². The molecule has 6 aromatic rings. The summed E-state index contributed by atoms with van der Waals surface area (Å²) in [6.45, 7) is 14.3. The second-order valence-corrected chi connectivity index (χ2v) is 25.5. The molecule has 0 saturated heterocycles. The van der Waals surface area contributed by atoms with Crippen LogP contribution >= 0.6 is 0 Å². The van der Waals surface area contributed by atoms with E-state index in [9.17, 15) is 9.90 Å². The predicted octanol–water partition coefficient (Wildman–Crippen LogP) is 11.0. The Kier molecular flexibility index (Phi) is 12.2. The molecule has 0 aliphatic heterocycles. The van der Waals surface area contributed by atoms with Crippen LogP contribution in [0.5, 0.6) is 0 Å². The van der Waals surface area contributed by atoms with Crippen LogP contribution in [0.15, 0.2) is 77.3 Å².